The third-order valence-electron chi connectivity index (χ3n) is 4.50. The molecule has 0 aliphatic heterocycles. The first-order chi connectivity index (χ1) is 16.9. The molecule has 0 unspecified atom stereocenters. The number of carbonyl (C=O) groups is 2. The number of phenols is 4. The number of halogens is 6. The van der Waals surface area contributed by atoms with E-state index >= 15 is 0 Å². The van der Waals surface area contributed by atoms with Crippen molar-refractivity contribution in [3.05, 3.63) is 34.5 Å². The van der Waals surface area contributed by atoms with Crippen LogP contribution in [0.3, 0.4) is 0 Å². The molecule has 0 radical (unpaired) electrons. The number of alkyl halides is 6. The number of hydrogen-bond acceptors (Lipinski definition) is 11. The van der Waals surface area contributed by atoms with Gasteiger partial charge in [-0.05, 0) is 0 Å². The van der Waals surface area contributed by atoms with Gasteiger partial charge in [-0.25, -0.2) is 0 Å². The molecule has 196 valence electrons. The molecule has 18 heteroatoms. The van der Waals surface area contributed by atoms with Gasteiger partial charge in [0.1, 0.15) is 0 Å². The molecule has 1 aromatic heterocycles. The Morgan fingerprint density at radius 3 is 1.86 bits per heavy atom. The second-order valence-electron chi connectivity index (χ2n) is 6.98. The summed E-state index contributed by atoms with van der Waals surface area (Å²) in [5.41, 5.74) is -3.01. The molecule has 0 aliphatic rings. The van der Waals surface area contributed by atoms with Gasteiger partial charge in [0.05, 0.1) is 0 Å². The van der Waals surface area contributed by atoms with E-state index in [1.54, 1.807) is 0 Å². The Bertz CT molecular complexity index is 1450. The normalized spacial score (nSPS) is 11.8. The van der Waals surface area contributed by atoms with E-state index in [0.29, 0.717) is 18.2 Å². The summed E-state index contributed by atoms with van der Waals surface area (Å²) in [7, 11) is 0. The fraction of sp³-hybridized carbons (Fsp3) is 0.105. The van der Waals surface area contributed by atoms with Crippen LogP contribution in [-0.2, 0) is 15.0 Å². The molecule has 0 aliphatic carbocycles. The van der Waals surface area contributed by atoms with E-state index < -0.39 is 107 Å². The van der Waals surface area contributed by atoms with E-state index in [0.717, 1.165) is 6.07 Å². The molecule has 0 fully saturated rings. The van der Waals surface area contributed by atoms with Crippen LogP contribution in [-0.4, -0.2) is 73.4 Å². The molecule has 2 aromatic carbocycles. The quantitative estimate of drug-likeness (QED) is 0.150. The van der Waals surface area contributed by atoms with Crippen molar-refractivity contribution in [2.24, 2.45) is 0 Å². The molecular weight excluding hydrogens is 723 g/mol. The van der Waals surface area contributed by atoms with Gasteiger partial charge < -0.3 is 0 Å². The van der Waals surface area contributed by atoms with E-state index in [1.165, 1.54) is 0 Å². The minimum atomic E-state index is -6.33. The predicted molar refractivity (Wildman–Crippen MR) is 106 cm³/mol. The van der Waals surface area contributed by atoms with Crippen LogP contribution in [0.4, 0.5) is 26.3 Å². The van der Waals surface area contributed by atoms with Crippen molar-refractivity contribution in [1.29, 1.82) is 0 Å². The van der Waals surface area contributed by atoms with E-state index in [4.69, 9.17) is 4.42 Å². The number of benzene rings is 2. The van der Waals surface area contributed by atoms with Gasteiger partial charge in [-0.2, -0.15) is 0 Å². The summed E-state index contributed by atoms with van der Waals surface area (Å²) in [6, 6.07) is 2.62. The van der Waals surface area contributed by atoms with Crippen molar-refractivity contribution in [3.63, 3.8) is 0 Å². The van der Waals surface area contributed by atoms with Crippen LogP contribution in [0, 0.1) is 0 Å². The van der Waals surface area contributed by atoms with Gasteiger partial charge in [0.15, 0.2) is 0 Å². The summed E-state index contributed by atoms with van der Waals surface area (Å²) in [4.78, 5) is 35.4. The molecule has 0 atom stereocenters. The number of carbonyl (C=O) groups excluding carboxylic acids is 2. The molecule has 3 rings (SSSR count). The van der Waals surface area contributed by atoms with Gasteiger partial charge in [-0.1, -0.05) is 0 Å². The van der Waals surface area contributed by atoms with Crippen LogP contribution in [0.15, 0.2) is 33.5 Å². The average molecular weight is 732 g/mol. The zero-order valence-electron chi connectivity index (χ0n) is 17.3. The first kappa shape index (κ1) is 27.7. The van der Waals surface area contributed by atoms with Crippen LogP contribution < -0.4 is 8.55 Å². The first-order valence-corrected chi connectivity index (χ1v) is 15.2. The van der Waals surface area contributed by atoms with Gasteiger partial charge in [-0.3, -0.25) is 0 Å². The second kappa shape index (κ2) is 9.52. The second-order valence-corrected chi connectivity index (χ2v) is 13.6. The fourth-order valence-corrected chi connectivity index (χ4v) is 9.93. The Kier molecular flexibility index (Phi) is 7.12. The van der Waals surface area contributed by atoms with Gasteiger partial charge in [0.25, 0.3) is 0 Å². The number of rotatable bonds is 4. The molecule has 3 aromatic rings. The molecule has 0 saturated carbocycles. The summed E-state index contributed by atoms with van der Waals surface area (Å²) in [5.74, 6) is -13.0. The Balaban J connectivity index is 2.35. The van der Waals surface area contributed by atoms with Crippen LogP contribution in [0.25, 0.3) is 22.3 Å². The van der Waals surface area contributed by atoms with Gasteiger partial charge in [0.2, 0.25) is 0 Å². The third kappa shape index (κ3) is 5.44. The van der Waals surface area contributed by atoms with E-state index in [-0.39, 0.29) is 0 Å². The summed E-state index contributed by atoms with van der Waals surface area (Å²) < 4.78 is 88.8. The maximum absolute atomic E-state index is 12.8. The third-order valence-corrected chi connectivity index (χ3v) is 11.9. The van der Waals surface area contributed by atoms with E-state index in [1.807, 2.05) is 0 Å². The number of aromatic hydroxyl groups is 5. The van der Waals surface area contributed by atoms with E-state index in [2.05, 4.69) is 5.37 Å². The monoisotopic (exact) mass is 732 g/mol. The van der Waals surface area contributed by atoms with Crippen molar-refractivity contribution in [3.8, 4) is 40.1 Å². The SMILES string of the molecule is O=C([O][Tl]([O]C(=O)C(F)(F)F)[c]1c(-c2oc3cc(O)cc(O)c3c(=O)c2O)ccc(O)c1O)C(F)(F)F. The molecule has 0 spiro atoms. The van der Waals surface area contributed by atoms with Crippen LogP contribution in [0.1, 0.15) is 0 Å². The van der Waals surface area contributed by atoms with Crippen LogP contribution >= 0.6 is 0 Å². The van der Waals surface area contributed by atoms with Crippen molar-refractivity contribution in [2.45, 2.75) is 12.4 Å². The average Bonchev–Trinajstić information content (AvgIpc) is 2.75. The molecular formula is C19H9F6O11Tl. The predicted octanol–water partition coefficient (Wildman–Crippen LogP) is 1.89. The molecule has 37 heavy (non-hydrogen) atoms. The minimum absolute atomic E-state index is 0.597. The Morgan fingerprint density at radius 1 is 0.811 bits per heavy atom. The number of fused-ring (bicyclic) bond motifs is 1. The maximum atomic E-state index is 12.8. The summed E-state index contributed by atoms with van der Waals surface area (Å²) in [6.07, 6.45) is -11.6. The number of hydrogen-bond donors (Lipinski definition) is 5. The number of phenolic OH excluding ortho intramolecular Hbond substituents is 4. The van der Waals surface area contributed by atoms with Crippen LogP contribution in [0.5, 0.6) is 28.7 Å². The Hall–Kier alpha value is -3.91. The molecule has 0 bridgehead atoms. The molecule has 5 N–H and O–H groups in total. The Morgan fingerprint density at radius 2 is 1.35 bits per heavy atom. The summed E-state index contributed by atoms with van der Waals surface area (Å²) in [6.45, 7) is 0. The van der Waals surface area contributed by atoms with E-state index in [9.17, 15) is 66.3 Å². The van der Waals surface area contributed by atoms with Gasteiger partial charge in [0, 0.05) is 0 Å². The van der Waals surface area contributed by atoms with Crippen molar-refractivity contribution < 1.29 is 71.3 Å². The van der Waals surface area contributed by atoms with Crippen molar-refractivity contribution in [1.82, 2.24) is 0 Å². The molecule has 0 saturated heterocycles. The van der Waals surface area contributed by atoms with Crippen LogP contribution in [0.2, 0.25) is 0 Å². The topological polar surface area (TPSA) is 184 Å². The van der Waals surface area contributed by atoms with Gasteiger partial charge >= 0.3 is 208 Å². The standard InChI is InChI=1S/C15H9O7.2C2HF3O2.Tl/c16-7-4-10(19)12-11(5-7)22-15(14(21)13(12)20)6-1-2-8(17)9(18)3-6;2*3-2(4,5)1(6)7;/h1-2,4-5,16-19,21H;2*(H,6,7);/q;;;+2/p-2. The van der Waals surface area contributed by atoms with Crippen molar-refractivity contribution in [2.75, 3.05) is 0 Å². The van der Waals surface area contributed by atoms with Gasteiger partial charge in [-0.15, -0.1) is 0 Å². The summed E-state index contributed by atoms with van der Waals surface area (Å²) >= 11 is -6.33. The zero-order valence-corrected chi connectivity index (χ0v) is 21.8. The Labute approximate surface area is 207 Å². The van der Waals surface area contributed by atoms with Crippen molar-refractivity contribution >= 4 is 49.6 Å². The fourth-order valence-electron chi connectivity index (χ4n) is 2.96. The zero-order chi connectivity index (χ0) is 28.0. The first-order valence-electron chi connectivity index (χ1n) is 9.26. The molecule has 0 amide bonds. The summed E-state index contributed by atoms with van der Waals surface area (Å²) in [5, 5.41) is 49.2. The molecule has 11 nitrogen and oxygen atoms in total. The molecule has 1 heterocycles.